The zero-order chi connectivity index (χ0) is 17.4. The molecule has 0 aliphatic carbocycles. The average Bonchev–Trinajstić information content (AvgIpc) is 3.35. The topological polar surface area (TPSA) is 80.6 Å². The third-order valence-electron chi connectivity index (χ3n) is 4.86. The van der Waals surface area contributed by atoms with Crippen LogP contribution >= 0.6 is 0 Å². The van der Waals surface area contributed by atoms with Crippen LogP contribution < -0.4 is 0 Å². The van der Waals surface area contributed by atoms with E-state index in [4.69, 9.17) is 13.9 Å². The second-order valence-corrected chi connectivity index (χ2v) is 6.32. The third-order valence-corrected chi connectivity index (χ3v) is 4.86. The number of rotatable bonds is 2. The Bertz CT molecular complexity index is 815. The number of ether oxygens (including phenoxy) is 2. The van der Waals surface area contributed by atoms with Crippen LogP contribution in [0.3, 0.4) is 0 Å². The van der Waals surface area contributed by atoms with Crippen LogP contribution in [0.1, 0.15) is 34.5 Å². The molecule has 2 aliphatic rings. The predicted octanol–water partition coefficient (Wildman–Crippen LogP) is 2.23. The highest BCUT2D eigenvalue weighted by molar-refractivity contribution is 5.98. The maximum absolute atomic E-state index is 13.0. The van der Waals surface area contributed by atoms with Crippen LogP contribution in [0.2, 0.25) is 0 Å². The van der Waals surface area contributed by atoms with Crippen LogP contribution in [0.15, 0.2) is 28.9 Å². The number of aryl methyl sites for hydroxylation is 1. The Hall–Kier alpha value is -2.56. The molecule has 25 heavy (non-hydrogen) atoms. The van der Waals surface area contributed by atoms with Crippen molar-refractivity contribution < 1.29 is 18.7 Å². The summed E-state index contributed by atoms with van der Waals surface area (Å²) in [5, 5.41) is 9.59. The number of nitriles is 1. The highest BCUT2D eigenvalue weighted by atomic mass is 16.7. The predicted molar refractivity (Wildman–Crippen MR) is 87.3 cm³/mol. The van der Waals surface area contributed by atoms with Gasteiger partial charge in [-0.2, -0.15) is 5.26 Å². The monoisotopic (exact) mass is 341 g/mol. The zero-order valence-corrected chi connectivity index (χ0v) is 14.0. The van der Waals surface area contributed by atoms with E-state index in [1.807, 2.05) is 12.1 Å². The summed E-state index contributed by atoms with van der Waals surface area (Å²) >= 11 is 0. The van der Waals surface area contributed by atoms with Crippen molar-refractivity contribution in [3.05, 3.63) is 41.4 Å². The molecule has 0 atom stereocenters. The molecule has 0 aromatic carbocycles. The SMILES string of the molecule is Cc1oc(-n2cccc2)c(C#N)c1C(=O)N1CCC2(CC1)OCCO2. The Morgan fingerprint density at radius 2 is 1.84 bits per heavy atom. The molecule has 0 saturated carbocycles. The second-order valence-electron chi connectivity index (χ2n) is 6.32. The molecule has 7 nitrogen and oxygen atoms in total. The lowest BCUT2D eigenvalue weighted by Crippen LogP contribution is -2.47. The number of aromatic nitrogens is 1. The average molecular weight is 341 g/mol. The highest BCUT2D eigenvalue weighted by Crippen LogP contribution is 2.33. The molecule has 0 unspecified atom stereocenters. The van der Waals surface area contributed by atoms with Gasteiger partial charge in [-0.25, -0.2) is 0 Å². The van der Waals surface area contributed by atoms with E-state index in [2.05, 4.69) is 6.07 Å². The minimum atomic E-state index is -0.531. The zero-order valence-electron chi connectivity index (χ0n) is 14.0. The fraction of sp³-hybridized carbons (Fsp3) is 0.444. The van der Waals surface area contributed by atoms with Crippen LogP contribution in [0.25, 0.3) is 5.88 Å². The number of piperidine rings is 1. The first-order valence-corrected chi connectivity index (χ1v) is 8.37. The van der Waals surface area contributed by atoms with Crippen molar-refractivity contribution in [1.82, 2.24) is 9.47 Å². The Balaban J connectivity index is 1.60. The molecule has 130 valence electrons. The van der Waals surface area contributed by atoms with Crippen molar-refractivity contribution >= 4 is 5.91 Å². The minimum absolute atomic E-state index is 0.177. The van der Waals surface area contributed by atoms with Gasteiger partial charge in [-0.1, -0.05) is 0 Å². The van der Waals surface area contributed by atoms with Crippen LogP contribution in [-0.4, -0.2) is 47.5 Å². The van der Waals surface area contributed by atoms with E-state index in [1.54, 1.807) is 28.8 Å². The number of carbonyl (C=O) groups excluding carboxylic acids is 1. The van der Waals surface area contributed by atoms with Gasteiger partial charge in [0, 0.05) is 38.3 Å². The quantitative estimate of drug-likeness (QED) is 0.837. The van der Waals surface area contributed by atoms with Gasteiger partial charge in [0.15, 0.2) is 5.79 Å². The Morgan fingerprint density at radius 3 is 2.44 bits per heavy atom. The minimum Gasteiger partial charge on any atom is -0.443 e. The Morgan fingerprint density at radius 1 is 1.20 bits per heavy atom. The van der Waals surface area contributed by atoms with Crippen LogP contribution in [0, 0.1) is 18.3 Å². The maximum atomic E-state index is 13.0. The molecule has 7 heteroatoms. The van der Waals surface area contributed by atoms with E-state index < -0.39 is 5.79 Å². The van der Waals surface area contributed by atoms with Gasteiger partial charge in [0.05, 0.1) is 13.2 Å². The van der Waals surface area contributed by atoms with Gasteiger partial charge in [0.2, 0.25) is 5.88 Å². The smallest absolute Gasteiger partial charge is 0.258 e. The molecule has 1 spiro atoms. The summed E-state index contributed by atoms with van der Waals surface area (Å²) < 4.78 is 18.8. The number of hydrogen-bond acceptors (Lipinski definition) is 5. The molecular weight excluding hydrogens is 322 g/mol. The summed E-state index contributed by atoms with van der Waals surface area (Å²) in [6.07, 6.45) is 4.85. The maximum Gasteiger partial charge on any atom is 0.258 e. The summed E-state index contributed by atoms with van der Waals surface area (Å²) in [5.74, 6) is 0.128. The lowest BCUT2D eigenvalue weighted by Gasteiger charge is -2.37. The number of hydrogen-bond donors (Lipinski definition) is 0. The molecule has 2 aliphatic heterocycles. The molecule has 4 heterocycles. The fourth-order valence-electron chi connectivity index (χ4n) is 3.54. The number of likely N-dealkylation sites (tertiary alicyclic amines) is 1. The molecule has 0 bridgehead atoms. The number of carbonyl (C=O) groups is 1. The van der Waals surface area contributed by atoms with Gasteiger partial charge in [0.25, 0.3) is 5.91 Å². The van der Waals surface area contributed by atoms with E-state index in [1.165, 1.54) is 0 Å². The van der Waals surface area contributed by atoms with E-state index in [9.17, 15) is 10.1 Å². The van der Waals surface area contributed by atoms with Crippen LogP contribution in [-0.2, 0) is 9.47 Å². The molecule has 0 N–H and O–H groups in total. The number of nitrogens with zero attached hydrogens (tertiary/aromatic N) is 3. The first-order valence-electron chi connectivity index (χ1n) is 8.37. The second kappa shape index (κ2) is 6.06. The van der Waals surface area contributed by atoms with Crippen molar-refractivity contribution in [1.29, 1.82) is 5.26 Å². The van der Waals surface area contributed by atoms with Crippen molar-refractivity contribution in [3.63, 3.8) is 0 Å². The number of amides is 1. The lowest BCUT2D eigenvalue weighted by molar-refractivity contribution is -0.181. The largest absolute Gasteiger partial charge is 0.443 e. The molecule has 2 fully saturated rings. The van der Waals surface area contributed by atoms with E-state index >= 15 is 0 Å². The molecule has 1 amide bonds. The van der Waals surface area contributed by atoms with Crippen molar-refractivity contribution in [2.24, 2.45) is 0 Å². The molecule has 2 aromatic heterocycles. The van der Waals surface area contributed by atoms with Gasteiger partial charge in [-0.15, -0.1) is 0 Å². The van der Waals surface area contributed by atoms with Crippen LogP contribution in [0.5, 0.6) is 0 Å². The van der Waals surface area contributed by atoms with Crippen LogP contribution in [0.4, 0.5) is 0 Å². The number of furan rings is 1. The molecule has 0 radical (unpaired) electrons. The van der Waals surface area contributed by atoms with Crippen molar-refractivity contribution in [3.8, 4) is 12.0 Å². The van der Waals surface area contributed by atoms with Gasteiger partial charge in [-0.3, -0.25) is 9.36 Å². The lowest BCUT2D eigenvalue weighted by atomic mass is 10.0. The third kappa shape index (κ3) is 2.64. The Labute approximate surface area is 145 Å². The van der Waals surface area contributed by atoms with E-state index in [0.717, 1.165) is 0 Å². The van der Waals surface area contributed by atoms with E-state index in [-0.39, 0.29) is 11.5 Å². The van der Waals surface area contributed by atoms with Gasteiger partial charge < -0.3 is 18.8 Å². The first kappa shape index (κ1) is 15.9. The molecule has 2 saturated heterocycles. The summed E-state index contributed by atoms with van der Waals surface area (Å²) in [6, 6.07) is 5.81. The Kier molecular flexibility index (Phi) is 3.86. The van der Waals surface area contributed by atoms with Gasteiger partial charge >= 0.3 is 0 Å². The first-order chi connectivity index (χ1) is 12.1. The summed E-state index contributed by atoms with van der Waals surface area (Å²) in [6.45, 7) is 4.00. The van der Waals surface area contributed by atoms with Gasteiger partial charge in [-0.05, 0) is 19.1 Å². The fourth-order valence-corrected chi connectivity index (χ4v) is 3.54. The summed E-state index contributed by atoms with van der Waals surface area (Å²) in [7, 11) is 0. The normalized spacial score (nSPS) is 19.3. The van der Waals surface area contributed by atoms with Crippen molar-refractivity contribution in [2.75, 3.05) is 26.3 Å². The standard InChI is InChI=1S/C18H19N3O4/c1-13-15(14(12-19)17(25-13)21-6-2-3-7-21)16(22)20-8-4-18(5-9-20)23-10-11-24-18/h2-3,6-7H,4-5,8-11H2,1H3. The molecule has 4 rings (SSSR count). The van der Waals surface area contributed by atoms with E-state index in [0.29, 0.717) is 56.4 Å². The van der Waals surface area contributed by atoms with Gasteiger partial charge in [0.1, 0.15) is 23.0 Å². The van der Waals surface area contributed by atoms with Crippen molar-refractivity contribution in [2.45, 2.75) is 25.6 Å². The molecule has 2 aromatic rings. The molecular formula is C18H19N3O4. The highest BCUT2D eigenvalue weighted by Gasteiger charge is 2.41. The summed E-state index contributed by atoms with van der Waals surface area (Å²) in [5.41, 5.74) is 0.614. The summed E-state index contributed by atoms with van der Waals surface area (Å²) in [4.78, 5) is 14.8.